The van der Waals surface area contributed by atoms with E-state index >= 15 is 0 Å². The standard InChI is InChI=1S/C17H23NO/c1-12-5-2-7-14(11-12)17(19)15-9-3-6-13-8-4-10-18-16(13)15/h4,8,10,12,14-15H,2-3,5-7,9,11H2,1H3. The third kappa shape index (κ3) is 2.58. The van der Waals surface area contributed by atoms with E-state index in [1.807, 2.05) is 12.3 Å². The third-order valence-corrected chi connectivity index (χ3v) is 4.88. The Bertz CT molecular complexity index is 468. The van der Waals surface area contributed by atoms with Gasteiger partial charge in [-0.05, 0) is 49.7 Å². The lowest BCUT2D eigenvalue weighted by atomic mass is 9.73. The van der Waals surface area contributed by atoms with Crippen LogP contribution in [0.25, 0.3) is 0 Å². The van der Waals surface area contributed by atoms with Crippen LogP contribution in [0.4, 0.5) is 0 Å². The van der Waals surface area contributed by atoms with E-state index in [9.17, 15) is 4.79 Å². The number of Topliss-reactive ketones (excluding diaryl/α,β-unsaturated/α-hetero) is 1. The van der Waals surface area contributed by atoms with Crippen LogP contribution in [0, 0.1) is 11.8 Å². The lowest BCUT2D eigenvalue weighted by molar-refractivity contribution is -0.126. The maximum atomic E-state index is 12.8. The highest BCUT2D eigenvalue weighted by molar-refractivity contribution is 5.88. The fourth-order valence-electron chi connectivity index (χ4n) is 3.86. The molecule has 0 amide bonds. The minimum Gasteiger partial charge on any atom is -0.299 e. The summed E-state index contributed by atoms with van der Waals surface area (Å²) in [6.07, 6.45) is 9.79. The lowest BCUT2D eigenvalue weighted by Crippen LogP contribution is -2.29. The van der Waals surface area contributed by atoms with Crippen LogP contribution >= 0.6 is 0 Å². The average Bonchev–Trinajstić information content (AvgIpc) is 2.46. The number of rotatable bonds is 2. The van der Waals surface area contributed by atoms with Gasteiger partial charge in [-0.2, -0.15) is 0 Å². The summed E-state index contributed by atoms with van der Waals surface area (Å²) >= 11 is 0. The van der Waals surface area contributed by atoms with E-state index in [2.05, 4.69) is 18.0 Å². The first-order chi connectivity index (χ1) is 9.25. The van der Waals surface area contributed by atoms with Gasteiger partial charge in [-0.25, -0.2) is 0 Å². The van der Waals surface area contributed by atoms with Crippen LogP contribution < -0.4 is 0 Å². The summed E-state index contributed by atoms with van der Waals surface area (Å²) < 4.78 is 0. The van der Waals surface area contributed by atoms with Gasteiger partial charge in [0.25, 0.3) is 0 Å². The van der Waals surface area contributed by atoms with Crippen molar-refractivity contribution in [3.8, 4) is 0 Å². The SMILES string of the molecule is CC1CCCC(C(=O)C2CCCc3cccnc32)C1. The molecule has 2 aliphatic rings. The number of ketones is 1. The normalized spacial score (nSPS) is 30.7. The van der Waals surface area contributed by atoms with Crippen molar-refractivity contribution in [1.29, 1.82) is 0 Å². The zero-order chi connectivity index (χ0) is 13.2. The second-order valence-corrected chi connectivity index (χ2v) is 6.36. The zero-order valence-corrected chi connectivity index (χ0v) is 11.8. The highest BCUT2D eigenvalue weighted by Crippen LogP contribution is 2.37. The predicted octanol–water partition coefficient (Wildman–Crippen LogP) is 3.90. The van der Waals surface area contributed by atoms with Gasteiger partial charge >= 0.3 is 0 Å². The van der Waals surface area contributed by atoms with Crippen molar-refractivity contribution in [1.82, 2.24) is 4.98 Å². The molecule has 0 saturated heterocycles. The Labute approximate surface area is 115 Å². The van der Waals surface area contributed by atoms with E-state index in [1.54, 1.807) is 0 Å². The molecule has 19 heavy (non-hydrogen) atoms. The fourth-order valence-corrected chi connectivity index (χ4v) is 3.86. The van der Waals surface area contributed by atoms with Crippen LogP contribution in [0.3, 0.4) is 0 Å². The molecule has 2 aliphatic carbocycles. The molecular weight excluding hydrogens is 234 g/mol. The summed E-state index contributed by atoms with van der Waals surface area (Å²) in [6.45, 7) is 2.28. The van der Waals surface area contributed by atoms with Crippen LogP contribution in [0.5, 0.6) is 0 Å². The summed E-state index contributed by atoms with van der Waals surface area (Å²) in [5.41, 5.74) is 2.38. The Kier molecular flexibility index (Phi) is 3.67. The predicted molar refractivity (Wildman–Crippen MR) is 76.0 cm³/mol. The topological polar surface area (TPSA) is 30.0 Å². The number of carbonyl (C=O) groups excluding carboxylic acids is 1. The second-order valence-electron chi connectivity index (χ2n) is 6.36. The molecule has 0 spiro atoms. The number of pyridine rings is 1. The lowest BCUT2D eigenvalue weighted by Gasteiger charge is -2.31. The second kappa shape index (κ2) is 5.44. The average molecular weight is 257 g/mol. The first-order valence-corrected chi connectivity index (χ1v) is 7.73. The van der Waals surface area contributed by atoms with Gasteiger partial charge in [0.05, 0.1) is 11.6 Å². The molecule has 0 aliphatic heterocycles. The van der Waals surface area contributed by atoms with Gasteiger partial charge in [0.2, 0.25) is 0 Å². The number of aromatic nitrogens is 1. The summed E-state index contributed by atoms with van der Waals surface area (Å²) in [5, 5.41) is 0. The Hall–Kier alpha value is -1.18. The number of fused-ring (bicyclic) bond motifs is 1. The van der Waals surface area contributed by atoms with Gasteiger partial charge in [0.15, 0.2) is 0 Å². The van der Waals surface area contributed by atoms with E-state index in [0.717, 1.165) is 43.7 Å². The molecule has 102 valence electrons. The van der Waals surface area contributed by atoms with Gasteiger partial charge in [0.1, 0.15) is 5.78 Å². The number of hydrogen-bond acceptors (Lipinski definition) is 2. The number of nitrogens with zero attached hydrogens (tertiary/aromatic N) is 1. The van der Waals surface area contributed by atoms with Crippen LogP contribution in [0.2, 0.25) is 0 Å². The van der Waals surface area contributed by atoms with Crippen LogP contribution in [0.1, 0.15) is 62.6 Å². The molecule has 3 rings (SSSR count). The van der Waals surface area contributed by atoms with Crippen molar-refractivity contribution < 1.29 is 4.79 Å². The fraction of sp³-hybridized carbons (Fsp3) is 0.647. The molecule has 0 radical (unpaired) electrons. The molecule has 0 bridgehead atoms. The molecular formula is C17H23NO. The summed E-state index contributed by atoms with van der Waals surface area (Å²) in [7, 11) is 0. The van der Waals surface area contributed by atoms with Gasteiger partial charge in [-0.1, -0.05) is 25.8 Å². The quantitative estimate of drug-likeness (QED) is 0.804. The highest BCUT2D eigenvalue weighted by Gasteiger charge is 2.34. The van der Waals surface area contributed by atoms with E-state index in [-0.39, 0.29) is 5.92 Å². The number of carbonyl (C=O) groups is 1. The molecule has 3 atom stereocenters. The van der Waals surface area contributed by atoms with E-state index in [0.29, 0.717) is 11.7 Å². The molecule has 3 unspecified atom stereocenters. The van der Waals surface area contributed by atoms with Gasteiger partial charge < -0.3 is 0 Å². The maximum Gasteiger partial charge on any atom is 0.145 e. The smallest absolute Gasteiger partial charge is 0.145 e. The summed E-state index contributed by atoms with van der Waals surface area (Å²) in [6, 6.07) is 4.14. The molecule has 2 nitrogen and oxygen atoms in total. The van der Waals surface area contributed by atoms with Crippen molar-refractivity contribution in [3.63, 3.8) is 0 Å². The number of aryl methyl sites for hydroxylation is 1. The summed E-state index contributed by atoms with van der Waals surface area (Å²) in [4.78, 5) is 17.3. The van der Waals surface area contributed by atoms with E-state index in [1.165, 1.54) is 18.4 Å². The van der Waals surface area contributed by atoms with Crippen molar-refractivity contribution in [2.24, 2.45) is 11.8 Å². The molecule has 1 heterocycles. The van der Waals surface area contributed by atoms with Gasteiger partial charge in [-0.15, -0.1) is 0 Å². The van der Waals surface area contributed by atoms with Gasteiger partial charge in [-0.3, -0.25) is 9.78 Å². The Balaban J connectivity index is 1.81. The van der Waals surface area contributed by atoms with Crippen molar-refractivity contribution in [2.45, 2.75) is 57.8 Å². The largest absolute Gasteiger partial charge is 0.299 e. The molecule has 1 fully saturated rings. The Morgan fingerprint density at radius 1 is 1.26 bits per heavy atom. The molecule has 1 aromatic heterocycles. The monoisotopic (exact) mass is 257 g/mol. The molecule has 1 aromatic rings. The highest BCUT2D eigenvalue weighted by atomic mass is 16.1. The first kappa shape index (κ1) is 12.8. The number of hydrogen-bond donors (Lipinski definition) is 0. The van der Waals surface area contributed by atoms with Crippen LogP contribution in [0.15, 0.2) is 18.3 Å². The zero-order valence-electron chi connectivity index (χ0n) is 11.8. The van der Waals surface area contributed by atoms with E-state index < -0.39 is 0 Å². The molecule has 0 N–H and O–H groups in total. The third-order valence-electron chi connectivity index (χ3n) is 4.88. The Morgan fingerprint density at radius 3 is 3.00 bits per heavy atom. The molecule has 1 saturated carbocycles. The maximum absolute atomic E-state index is 12.8. The van der Waals surface area contributed by atoms with Crippen molar-refractivity contribution >= 4 is 5.78 Å². The van der Waals surface area contributed by atoms with Crippen molar-refractivity contribution in [2.75, 3.05) is 0 Å². The van der Waals surface area contributed by atoms with Crippen LogP contribution in [-0.4, -0.2) is 10.8 Å². The van der Waals surface area contributed by atoms with Gasteiger partial charge in [0, 0.05) is 12.1 Å². The first-order valence-electron chi connectivity index (χ1n) is 7.73. The minimum absolute atomic E-state index is 0.0836. The van der Waals surface area contributed by atoms with Crippen molar-refractivity contribution in [3.05, 3.63) is 29.6 Å². The molecule has 2 heteroatoms. The Morgan fingerprint density at radius 2 is 2.16 bits per heavy atom. The van der Waals surface area contributed by atoms with Crippen LogP contribution in [-0.2, 0) is 11.2 Å². The van der Waals surface area contributed by atoms with E-state index in [4.69, 9.17) is 0 Å². The minimum atomic E-state index is 0.0836. The molecule has 0 aromatic carbocycles. The summed E-state index contributed by atoms with van der Waals surface area (Å²) in [5.74, 6) is 1.57.